The number of rotatable bonds is 6. The fraction of sp³-hybridized carbons (Fsp3) is 0.588. The maximum Gasteiger partial charge on any atom is 0.341 e. The fourth-order valence-electron chi connectivity index (χ4n) is 2.93. The molecule has 5 nitrogen and oxygen atoms in total. The number of benzene rings is 1. The largest absolute Gasteiger partial charge is 0.482 e. The van der Waals surface area contributed by atoms with Gasteiger partial charge in [-0.05, 0) is 51.9 Å². The molecule has 2 rings (SSSR count). The molecule has 1 saturated heterocycles. The van der Waals surface area contributed by atoms with Gasteiger partial charge in [-0.1, -0.05) is 11.6 Å². The molecule has 0 saturated carbocycles. The molecule has 1 aromatic rings. The number of nitrogens with zero attached hydrogens (tertiary/aromatic N) is 1. The Morgan fingerprint density at radius 1 is 1.52 bits per heavy atom. The van der Waals surface area contributed by atoms with Gasteiger partial charge in [-0.3, -0.25) is 4.90 Å². The van der Waals surface area contributed by atoms with Crippen molar-refractivity contribution in [2.45, 2.75) is 44.9 Å². The van der Waals surface area contributed by atoms with Crippen molar-refractivity contribution < 1.29 is 19.4 Å². The number of carboxylic acid groups (broad SMARTS) is 1. The Morgan fingerprint density at radius 2 is 2.26 bits per heavy atom. The molecule has 128 valence electrons. The average Bonchev–Trinajstić information content (AvgIpc) is 2.45. The van der Waals surface area contributed by atoms with E-state index in [1.165, 1.54) is 0 Å². The molecule has 0 bridgehead atoms. The Morgan fingerprint density at radius 3 is 2.91 bits per heavy atom. The molecule has 0 aromatic heterocycles. The standard InChI is InChI=1S/C17H24ClNO4/c1-17(2)9-14(6-7-23-17)19(3)10-12-8-13(18)4-5-15(12)22-11-16(20)21/h4-5,8,14H,6-7,9-11H2,1-3H3,(H,20,21). The zero-order valence-electron chi connectivity index (χ0n) is 13.8. The van der Waals surface area contributed by atoms with Crippen LogP contribution in [0.25, 0.3) is 0 Å². The van der Waals surface area contributed by atoms with Crippen LogP contribution in [0.2, 0.25) is 5.02 Å². The van der Waals surface area contributed by atoms with Crippen LogP contribution in [0.3, 0.4) is 0 Å². The molecule has 1 N–H and O–H groups in total. The molecule has 1 atom stereocenters. The van der Waals surface area contributed by atoms with Crippen LogP contribution in [0.4, 0.5) is 0 Å². The van der Waals surface area contributed by atoms with Gasteiger partial charge in [-0.15, -0.1) is 0 Å². The number of aliphatic carboxylic acids is 1. The minimum absolute atomic E-state index is 0.117. The van der Waals surface area contributed by atoms with E-state index in [1.54, 1.807) is 12.1 Å². The van der Waals surface area contributed by atoms with E-state index in [0.717, 1.165) is 25.0 Å². The lowest BCUT2D eigenvalue weighted by Crippen LogP contribution is -2.44. The highest BCUT2D eigenvalue weighted by atomic mass is 35.5. The normalized spacial score (nSPS) is 20.5. The number of halogens is 1. The van der Waals surface area contributed by atoms with Crippen LogP contribution in [0, 0.1) is 0 Å². The van der Waals surface area contributed by atoms with Gasteiger partial charge in [0, 0.05) is 29.8 Å². The maximum atomic E-state index is 10.7. The summed E-state index contributed by atoms with van der Waals surface area (Å²) in [6.07, 6.45) is 1.93. The van der Waals surface area contributed by atoms with Crippen LogP contribution in [0.1, 0.15) is 32.3 Å². The minimum Gasteiger partial charge on any atom is -0.482 e. The Hall–Kier alpha value is -1.30. The molecule has 23 heavy (non-hydrogen) atoms. The number of hydrogen-bond donors (Lipinski definition) is 1. The highest BCUT2D eigenvalue weighted by Crippen LogP contribution is 2.30. The summed E-state index contributed by atoms with van der Waals surface area (Å²) in [5.74, 6) is -0.430. The van der Waals surface area contributed by atoms with Gasteiger partial charge in [0.2, 0.25) is 0 Å². The lowest BCUT2D eigenvalue weighted by Gasteiger charge is -2.40. The molecule has 0 radical (unpaired) electrons. The molecule has 1 fully saturated rings. The molecule has 1 aliphatic heterocycles. The van der Waals surface area contributed by atoms with Gasteiger partial charge in [0.1, 0.15) is 5.75 Å². The summed E-state index contributed by atoms with van der Waals surface area (Å²) in [5, 5.41) is 9.40. The van der Waals surface area contributed by atoms with Crippen molar-refractivity contribution in [1.29, 1.82) is 0 Å². The molecule has 1 aromatic carbocycles. The fourth-order valence-corrected chi connectivity index (χ4v) is 3.12. The number of ether oxygens (including phenoxy) is 2. The van der Waals surface area contributed by atoms with Crippen molar-refractivity contribution in [2.75, 3.05) is 20.3 Å². The highest BCUT2D eigenvalue weighted by molar-refractivity contribution is 6.30. The zero-order chi connectivity index (χ0) is 17.0. The van der Waals surface area contributed by atoms with Crippen LogP contribution in [0.15, 0.2) is 18.2 Å². The van der Waals surface area contributed by atoms with E-state index in [4.69, 9.17) is 26.2 Å². The van der Waals surface area contributed by atoms with E-state index in [1.807, 2.05) is 6.07 Å². The van der Waals surface area contributed by atoms with Gasteiger partial charge in [0.05, 0.1) is 5.60 Å². The second kappa shape index (κ2) is 7.51. The third-order valence-electron chi connectivity index (χ3n) is 4.09. The molecule has 0 amide bonds. The van der Waals surface area contributed by atoms with Crippen LogP contribution >= 0.6 is 11.6 Å². The van der Waals surface area contributed by atoms with E-state index < -0.39 is 5.97 Å². The number of carboxylic acids is 1. The summed E-state index contributed by atoms with van der Waals surface area (Å²) in [7, 11) is 2.06. The van der Waals surface area contributed by atoms with Crippen molar-refractivity contribution in [3.05, 3.63) is 28.8 Å². The summed E-state index contributed by atoms with van der Waals surface area (Å²) in [4.78, 5) is 13.0. The molecule has 6 heteroatoms. The minimum atomic E-state index is -0.995. The van der Waals surface area contributed by atoms with Gasteiger partial charge < -0.3 is 14.6 Å². The lowest BCUT2D eigenvalue weighted by atomic mass is 9.93. The van der Waals surface area contributed by atoms with Crippen molar-refractivity contribution in [3.63, 3.8) is 0 Å². The Balaban J connectivity index is 2.08. The Bertz CT molecular complexity index is 562. The van der Waals surface area contributed by atoms with E-state index in [9.17, 15) is 4.79 Å². The molecule has 0 aliphatic carbocycles. The van der Waals surface area contributed by atoms with Crippen LogP contribution < -0.4 is 4.74 Å². The van der Waals surface area contributed by atoms with Gasteiger partial charge in [-0.2, -0.15) is 0 Å². The Labute approximate surface area is 142 Å². The predicted molar refractivity (Wildman–Crippen MR) is 89.1 cm³/mol. The van der Waals surface area contributed by atoms with Gasteiger partial charge in [-0.25, -0.2) is 4.79 Å². The topological polar surface area (TPSA) is 59.0 Å². The summed E-state index contributed by atoms with van der Waals surface area (Å²) in [6.45, 7) is 5.25. The molecule has 1 heterocycles. The zero-order valence-corrected chi connectivity index (χ0v) is 14.6. The van der Waals surface area contributed by atoms with E-state index in [-0.39, 0.29) is 12.2 Å². The van der Waals surface area contributed by atoms with Gasteiger partial charge >= 0.3 is 5.97 Å². The van der Waals surface area contributed by atoms with Crippen LogP contribution in [-0.4, -0.2) is 47.9 Å². The second-order valence-electron chi connectivity index (χ2n) is 6.60. The molecule has 0 spiro atoms. The quantitative estimate of drug-likeness (QED) is 0.861. The molecule has 1 unspecified atom stereocenters. The average molecular weight is 342 g/mol. The van der Waals surface area contributed by atoms with E-state index in [2.05, 4.69) is 25.8 Å². The third-order valence-corrected chi connectivity index (χ3v) is 4.32. The molecular formula is C17H24ClNO4. The predicted octanol–water partition coefficient (Wildman–Crippen LogP) is 3.19. The van der Waals surface area contributed by atoms with Gasteiger partial charge in [0.25, 0.3) is 0 Å². The first-order valence-corrected chi connectivity index (χ1v) is 8.12. The molecule has 1 aliphatic rings. The summed E-state index contributed by atoms with van der Waals surface area (Å²) in [6, 6.07) is 5.67. The first kappa shape index (κ1) is 18.0. The number of carbonyl (C=O) groups is 1. The number of hydrogen-bond acceptors (Lipinski definition) is 4. The maximum absolute atomic E-state index is 10.7. The summed E-state index contributed by atoms with van der Waals surface area (Å²) < 4.78 is 11.1. The Kier molecular flexibility index (Phi) is 5.89. The van der Waals surface area contributed by atoms with Crippen molar-refractivity contribution in [2.24, 2.45) is 0 Å². The van der Waals surface area contributed by atoms with Crippen molar-refractivity contribution in [3.8, 4) is 5.75 Å². The second-order valence-corrected chi connectivity index (χ2v) is 7.04. The van der Waals surface area contributed by atoms with E-state index >= 15 is 0 Å². The molecular weight excluding hydrogens is 318 g/mol. The summed E-state index contributed by atoms with van der Waals surface area (Å²) in [5.41, 5.74) is 0.777. The van der Waals surface area contributed by atoms with Crippen molar-refractivity contribution in [1.82, 2.24) is 4.90 Å². The summed E-state index contributed by atoms with van der Waals surface area (Å²) >= 11 is 6.08. The SMILES string of the molecule is CN(Cc1cc(Cl)ccc1OCC(=O)O)C1CCOC(C)(C)C1. The van der Waals surface area contributed by atoms with Crippen LogP contribution in [0.5, 0.6) is 5.75 Å². The van der Waals surface area contributed by atoms with Gasteiger partial charge in [0.15, 0.2) is 6.61 Å². The smallest absolute Gasteiger partial charge is 0.341 e. The van der Waals surface area contributed by atoms with E-state index in [0.29, 0.717) is 23.4 Å². The van der Waals surface area contributed by atoms with Crippen LogP contribution in [-0.2, 0) is 16.1 Å². The lowest BCUT2D eigenvalue weighted by molar-refractivity contribution is -0.139. The first-order chi connectivity index (χ1) is 10.8. The first-order valence-electron chi connectivity index (χ1n) is 7.74. The monoisotopic (exact) mass is 341 g/mol. The van der Waals surface area contributed by atoms with Crippen molar-refractivity contribution >= 4 is 17.6 Å². The third kappa shape index (κ3) is 5.37. The highest BCUT2D eigenvalue weighted by Gasteiger charge is 2.31.